The molecule has 5 fully saturated rings. The normalized spacial score (nSPS) is 36.2. The van der Waals surface area contributed by atoms with Crippen molar-refractivity contribution in [1.29, 1.82) is 0 Å². The van der Waals surface area contributed by atoms with Crippen molar-refractivity contribution in [3.8, 4) is 5.75 Å². The smallest absolute Gasteiger partial charge is 0.327 e. The number of phenolic OH excluding ortho intramolecular Hbond substituents is 1. The van der Waals surface area contributed by atoms with Crippen LogP contribution in [-0.4, -0.2) is 106 Å². The summed E-state index contributed by atoms with van der Waals surface area (Å²) < 4.78 is 0. The van der Waals surface area contributed by atoms with Crippen LogP contribution in [0, 0.1) is 11.8 Å². The Morgan fingerprint density at radius 2 is 1.77 bits per heavy atom. The molecule has 2 bridgehead atoms. The first-order valence-electron chi connectivity index (χ1n) is 15.2. The van der Waals surface area contributed by atoms with Crippen LogP contribution in [0.1, 0.15) is 68.9 Å². The number of fused-ring (bicyclic) bond motifs is 1. The van der Waals surface area contributed by atoms with Crippen LogP contribution in [0.2, 0.25) is 0 Å². The molecule has 4 atom stereocenters. The van der Waals surface area contributed by atoms with Crippen LogP contribution in [0.5, 0.6) is 5.75 Å². The number of likely N-dealkylation sites (tertiary alicyclic amines) is 1. The molecule has 39 heavy (non-hydrogen) atoms. The predicted octanol–water partition coefficient (Wildman–Crippen LogP) is 2.95. The van der Waals surface area contributed by atoms with Gasteiger partial charge in [0.25, 0.3) is 5.91 Å². The second-order valence-electron chi connectivity index (χ2n) is 13.9. The van der Waals surface area contributed by atoms with Crippen LogP contribution in [0.4, 0.5) is 4.79 Å². The van der Waals surface area contributed by atoms with Gasteiger partial charge in [0.2, 0.25) is 0 Å². The third kappa shape index (κ3) is 3.88. The number of nitrogens with zero attached hydrogens (tertiary/aromatic N) is 4. The first kappa shape index (κ1) is 25.8. The Hall–Kier alpha value is -2.16. The summed E-state index contributed by atoms with van der Waals surface area (Å²) in [6.45, 7) is 3.97. The van der Waals surface area contributed by atoms with Crippen molar-refractivity contribution < 1.29 is 19.8 Å². The molecule has 6 aliphatic rings. The number of amides is 3. The fourth-order valence-corrected chi connectivity index (χ4v) is 8.70. The summed E-state index contributed by atoms with van der Waals surface area (Å²) in [6.07, 6.45) is 8.39. The molecule has 7 rings (SSSR count). The maximum atomic E-state index is 14.4. The highest BCUT2D eigenvalue weighted by Crippen LogP contribution is 2.62. The van der Waals surface area contributed by atoms with Gasteiger partial charge in [-0.3, -0.25) is 14.6 Å². The zero-order valence-corrected chi connectivity index (χ0v) is 23.6. The molecule has 2 N–H and O–H groups in total. The Balaban J connectivity index is 1.29. The maximum Gasteiger partial charge on any atom is 0.327 e. The number of hydrogen-bond donors (Lipinski definition) is 2. The summed E-state index contributed by atoms with van der Waals surface area (Å²) in [6, 6.07) is 5.49. The van der Waals surface area contributed by atoms with Gasteiger partial charge in [-0.25, -0.2) is 4.79 Å². The molecule has 4 aliphatic carbocycles. The zero-order chi connectivity index (χ0) is 27.2. The summed E-state index contributed by atoms with van der Waals surface area (Å²) in [5.74, 6) is 1.09. The molecule has 2 aliphatic heterocycles. The Morgan fingerprint density at radius 1 is 1.03 bits per heavy atom. The van der Waals surface area contributed by atoms with Gasteiger partial charge in [-0.15, -0.1) is 0 Å². The van der Waals surface area contributed by atoms with Gasteiger partial charge in [0.1, 0.15) is 11.3 Å². The summed E-state index contributed by atoms with van der Waals surface area (Å²) in [4.78, 5) is 36.4. The van der Waals surface area contributed by atoms with Crippen LogP contribution in [0.25, 0.3) is 0 Å². The predicted molar refractivity (Wildman–Crippen MR) is 147 cm³/mol. The lowest BCUT2D eigenvalue weighted by Gasteiger charge is -2.66. The molecule has 0 aromatic heterocycles. The van der Waals surface area contributed by atoms with E-state index in [2.05, 4.69) is 23.9 Å². The molecule has 0 radical (unpaired) electrons. The van der Waals surface area contributed by atoms with Crippen molar-refractivity contribution in [3.63, 3.8) is 0 Å². The van der Waals surface area contributed by atoms with E-state index in [9.17, 15) is 19.8 Å². The maximum absolute atomic E-state index is 14.4. The molecule has 8 heteroatoms. The lowest BCUT2D eigenvalue weighted by Crippen LogP contribution is -2.76. The molecule has 212 valence electrons. The highest BCUT2D eigenvalue weighted by atomic mass is 16.3. The number of hydrogen-bond acceptors (Lipinski definition) is 6. The van der Waals surface area contributed by atoms with Crippen LogP contribution < -0.4 is 0 Å². The van der Waals surface area contributed by atoms with E-state index in [1.165, 1.54) is 0 Å². The number of piperidine rings is 1. The SMILES string of the molecule is CN(C)CCCN1CC[C@]23C[C@@]4(CC[C@@]2(O)[C@H]1Cc1ccc(O)cc13)C(=O)N(CC1CC1)C(=O)N4CC1CC1. The number of aliphatic hydroxyl groups is 1. The number of benzene rings is 1. The summed E-state index contributed by atoms with van der Waals surface area (Å²) in [5.41, 5.74) is -0.419. The van der Waals surface area contributed by atoms with Gasteiger partial charge in [-0.2, -0.15) is 0 Å². The summed E-state index contributed by atoms with van der Waals surface area (Å²) in [5, 5.41) is 23.4. The third-order valence-corrected chi connectivity index (χ3v) is 11.1. The quantitative estimate of drug-likeness (QED) is 0.497. The van der Waals surface area contributed by atoms with E-state index < -0.39 is 16.6 Å². The van der Waals surface area contributed by atoms with Crippen molar-refractivity contribution in [1.82, 2.24) is 19.6 Å². The molecule has 1 aromatic carbocycles. The number of aromatic hydroxyl groups is 1. The number of carbonyl (C=O) groups is 2. The number of rotatable bonds is 8. The standard InChI is InChI=1S/C31H44N4O4/c1-32(2)13-3-14-33-15-12-29-20-30(10-11-31(29,39)26(33)16-23-8-9-24(36)17-25(23)29)27(37)34(18-21-4-5-21)28(38)35(30)19-22-6-7-22/h8-9,17,21-22,26,36,39H,3-7,10-16,18-20H2,1-2H3/t26-,29-,30+,31-/m1/s1. The van der Waals surface area contributed by atoms with Crippen molar-refractivity contribution >= 4 is 11.9 Å². The first-order valence-corrected chi connectivity index (χ1v) is 15.2. The minimum absolute atomic E-state index is 0.0329. The van der Waals surface area contributed by atoms with Crippen LogP contribution in [0.15, 0.2) is 18.2 Å². The van der Waals surface area contributed by atoms with Crippen LogP contribution in [-0.2, 0) is 16.6 Å². The Morgan fingerprint density at radius 3 is 2.49 bits per heavy atom. The van der Waals surface area contributed by atoms with Gasteiger partial charge >= 0.3 is 6.03 Å². The van der Waals surface area contributed by atoms with E-state index in [-0.39, 0.29) is 23.7 Å². The van der Waals surface area contributed by atoms with Gasteiger partial charge in [0, 0.05) is 24.5 Å². The molecule has 3 amide bonds. The topological polar surface area (TPSA) is 87.6 Å². The number of phenols is 1. The van der Waals surface area contributed by atoms with E-state index in [4.69, 9.17) is 0 Å². The van der Waals surface area contributed by atoms with Crippen molar-refractivity contribution in [2.45, 2.75) is 86.8 Å². The molecule has 1 spiro atoms. The van der Waals surface area contributed by atoms with Crippen LogP contribution >= 0.6 is 0 Å². The third-order valence-electron chi connectivity index (χ3n) is 11.1. The highest BCUT2D eigenvalue weighted by molar-refractivity contribution is 6.07. The molecular formula is C31H44N4O4. The molecule has 0 unspecified atom stereocenters. The summed E-state index contributed by atoms with van der Waals surface area (Å²) >= 11 is 0. The molecular weight excluding hydrogens is 492 g/mol. The van der Waals surface area contributed by atoms with E-state index in [1.807, 2.05) is 17.0 Å². The Kier molecular flexibility index (Phi) is 5.90. The van der Waals surface area contributed by atoms with Gasteiger partial charge in [0.05, 0.1) is 5.60 Å². The molecule has 8 nitrogen and oxygen atoms in total. The average molecular weight is 537 g/mol. The van der Waals surface area contributed by atoms with Crippen LogP contribution in [0.3, 0.4) is 0 Å². The fraction of sp³-hybridized carbons (Fsp3) is 0.742. The highest BCUT2D eigenvalue weighted by Gasteiger charge is 2.72. The van der Waals surface area contributed by atoms with E-state index in [1.54, 1.807) is 11.0 Å². The number of imide groups is 1. The number of carbonyl (C=O) groups excluding carboxylic acids is 2. The minimum atomic E-state index is -1.01. The lowest BCUT2D eigenvalue weighted by atomic mass is 9.46. The van der Waals surface area contributed by atoms with E-state index in [0.717, 1.165) is 75.7 Å². The second-order valence-corrected chi connectivity index (χ2v) is 13.9. The van der Waals surface area contributed by atoms with Gasteiger partial charge < -0.3 is 20.0 Å². The van der Waals surface area contributed by atoms with E-state index >= 15 is 0 Å². The van der Waals surface area contributed by atoms with Gasteiger partial charge in [0.15, 0.2) is 0 Å². The van der Waals surface area contributed by atoms with Gasteiger partial charge in [-0.05, 0) is 133 Å². The molecule has 3 saturated carbocycles. The van der Waals surface area contributed by atoms with E-state index in [0.29, 0.717) is 44.2 Å². The zero-order valence-electron chi connectivity index (χ0n) is 23.6. The van der Waals surface area contributed by atoms with Crippen molar-refractivity contribution in [3.05, 3.63) is 29.3 Å². The lowest BCUT2D eigenvalue weighted by molar-refractivity contribution is -0.188. The number of urea groups is 1. The fourth-order valence-electron chi connectivity index (χ4n) is 8.70. The minimum Gasteiger partial charge on any atom is -0.508 e. The van der Waals surface area contributed by atoms with Gasteiger partial charge in [-0.1, -0.05) is 6.07 Å². The average Bonchev–Trinajstić information content (AvgIpc) is 3.82. The first-order chi connectivity index (χ1) is 18.7. The largest absolute Gasteiger partial charge is 0.508 e. The van der Waals surface area contributed by atoms with Crippen molar-refractivity contribution in [2.75, 3.05) is 46.8 Å². The summed E-state index contributed by atoms with van der Waals surface area (Å²) in [7, 11) is 4.19. The Labute approximate surface area is 231 Å². The van der Waals surface area contributed by atoms with Crippen molar-refractivity contribution in [2.24, 2.45) is 11.8 Å². The monoisotopic (exact) mass is 536 g/mol. The Bertz CT molecular complexity index is 1180. The molecule has 2 heterocycles. The molecule has 1 aromatic rings. The molecule has 2 saturated heterocycles. The second kappa shape index (κ2) is 8.92.